The minimum atomic E-state index is -1.54. The molecule has 2 aromatic rings. The van der Waals surface area contributed by atoms with Crippen LogP contribution in [0.15, 0.2) is 42.6 Å². The third-order valence-electron chi connectivity index (χ3n) is 6.94. The molecule has 32 heavy (non-hydrogen) atoms. The Balaban J connectivity index is 1.56. The van der Waals surface area contributed by atoms with Gasteiger partial charge in [0.05, 0.1) is 5.69 Å². The first-order valence-electron chi connectivity index (χ1n) is 12.4. The molecule has 0 spiro atoms. The van der Waals surface area contributed by atoms with Gasteiger partial charge in [-0.05, 0) is 68.1 Å². The fourth-order valence-corrected chi connectivity index (χ4v) is 4.73. The summed E-state index contributed by atoms with van der Waals surface area (Å²) in [6, 6.07) is 12.7. The number of hydrogen-bond acceptors (Lipinski definition) is 3. The zero-order chi connectivity index (χ0) is 23.0. The number of pyridine rings is 1. The van der Waals surface area contributed by atoms with Gasteiger partial charge in [-0.25, -0.2) is 4.39 Å². The molecule has 1 saturated carbocycles. The van der Waals surface area contributed by atoms with E-state index in [1.807, 2.05) is 13.1 Å². The van der Waals surface area contributed by atoms with Crippen LogP contribution in [0.2, 0.25) is 0 Å². The highest BCUT2D eigenvalue weighted by Gasteiger charge is 2.43. The van der Waals surface area contributed by atoms with Gasteiger partial charge in [-0.2, -0.15) is 0 Å². The summed E-state index contributed by atoms with van der Waals surface area (Å²) in [5.74, 6) is -0.316. The van der Waals surface area contributed by atoms with Crippen LogP contribution in [-0.2, 0) is 11.2 Å². The van der Waals surface area contributed by atoms with E-state index in [-0.39, 0.29) is 6.42 Å². The summed E-state index contributed by atoms with van der Waals surface area (Å²) in [5, 5.41) is 10.8. The molecule has 1 aliphatic carbocycles. The van der Waals surface area contributed by atoms with Gasteiger partial charge in [0.2, 0.25) is 0 Å². The van der Waals surface area contributed by atoms with Gasteiger partial charge in [0.1, 0.15) is 5.60 Å². The van der Waals surface area contributed by atoms with Crippen molar-refractivity contribution in [3.63, 3.8) is 0 Å². The monoisotopic (exact) mass is 439 g/mol. The highest BCUT2D eigenvalue weighted by atomic mass is 19.1. The lowest BCUT2D eigenvalue weighted by molar-refractivity contribution is -0.146. The van der Waals surface area contributed by atoms with E-state index in [9.17, 15) is 14.3 Å². The van der Waals surface area contributed by atoms with Crippen molar-refractivity contribution in [3.05, 3.63) is 53.7 Å². The molecule has 0 bridgehead atoms. The third-order valence-corrected chi connectivity index (χ3v) is 6.94. The second-order valence-corrected chi connectivity index (χ2v) is 9.41. The number of alkyl halides is 1. The minimum absolute atomic E-state index is 0.219. The summed E-state index contributed by atoms with van der Waals surface area (Å²) in [6.07, 6.45) is 9.03. The van der Waals surface area contributed by atoms with Crippen LogP contribution < -0.4 is 0 Å². The van der Waals surface area contributed by atoms with Crippen molar-refractivity contribution in [1.82, 2.24) is 4.98 Å². The van der Waals surface area contributed by atoms with Crippen molar-refractivity contribution in [3.8, 4) is 11.3 Å². The molecular weight excluding hydrogens is 401 g/mol. The molecule has 3 nitrogen and oxygen atoms in total. The number of carbonyl (C=O) groups excluding carboxylic acids is 1. The van der Waals surface area contributed by atoms with Crippen molar-refractivity contribution in [2.75, 3.05) is 0 Å². The van der Waals surface area contributed by atoms with Gasteiger partial charge < -0.3 is 5.11 Å². The number of hydrogen-bond donors (Lipinski definition) is 1. The number of rotatable bonds is 11. The fraction of sp³-hybridized carbons (Fsp3) is 0.571. The quantitative estimate of drug-likeness (QED) is 0.385. The largest absolute Gasteiger partial charge is 0.382 e. The van der Waals surface area contributed by atoms with E-state index in [1.54, 1.807) is 0 Å². The lowest BCUT2D eigenvalue weighted by Crippen LogP contribution is -2.46. The normalized spacial score (nSPS) is 21.9. The Labute approximate surface area is 192 Å². The van der Waals surface area contributed by atoms with Crippen LogP contribution in [0.25, 0.3) is 11.3 Å². The number of aromatic nitrogens is 1. The molecule has 1 atom stereocenters. The van der Waals surface area contributed by atoms with E-state index in [0.717, 1.165) is 24.1 Å². The Kier molecular flexibility index (Phi) is 8.98. The molecule has 0 radical (unpaired) electrons. The maximum Gasteiger partial charge on any atom is 0.198 e. The molecule has 0 amide bonds. The van der Waals surface area contributed by atoms with E-state index in [4.69, 9.17) is 0 Å². The minimum Gasteiger partial charge on any atom is -0.382 e. The molecule has 3 rings (SSSR count). The maximum absolute atomic E-state index is 14.2. The summed E-state index contributed by atoms with van der Waals surface area (Å²) < 4.78 is 14.2. The van der Waals surface area contributed by atoms with Gasteiger partial charge in [-0.15, -0.1) is 0 Å². The maximum atomic E-state index is 14.2. The van der Waals surface area contributed by atoms with E-state index >= 15 is 0 Å². The van der Waals surface area contributed by atoms with Gasteiger partial charge in [-0.1, -0.05) is 69.9 Å². The Bertz CT molecular complexity index is 839. The summed E-state index contributed by atoms with van der Waals surface area (Å²) in [4.78, 5) is 17.1. The molecule has 1 N–H and O–H groups in total. The van der Waals surface area contributed by atoms with E-state index in [2.05, 4.69) is 48.3 Å². The Morgan fingerprint density at radius 3 is 2.34 bits per heavy atom. The number of carbonyl (C=O) groups is 1. The van der Waals surface area contributed by atoms with Gasteiger partial charge in [0.25, 0.3) is 0 Å². The van der Waals surface area contributed by atoms with Crippen molar-refractivity contribution >= 4 is 5.78 Å². The molecule has 174 valence electrons. The fourth-order valence-electron chi connectivity index (χ4n) is 4.73. The number of Topliss-reactive ketones (excluding diaryl/α,β-unsaturated/α-hetero) is 1. The number of ketones is 1. The average Bonchev–Trinajstić information content (AvgIpc) is 2.83. The van der Waals surface area contributed by atoms with Crippen LogP contribution >= 0.6 is 0 Å². The van der Waals surface area contributed by atoms with E-state index in [1.165, 1.54) is 30.4 Å². The number of halogens is 1. The Hall–Kier alpha value is -2.07. The van der Waals surface area contributed by atoms with Crippen LogP contribution in [-0.4, -0.2) is 27.6 Å². The molecular formula is C28H38FNO2. The van der Waals surface area contributed by atoms with Crippen molar-refractivity contribution in [2.45, 2.75) is 102 Å². The zero-order valence-corrected chi connectivity index (χ0v) is 19.7. The first-order chi connectivity index (χ1) is 15.5. The molecule has 1 fully saturated rings. The lowest BCUT2D eigenvalue weighted by Gasteiger charge is -2.35. The van der Waals surface area contributed by atoms with Crippen molar-refractivity contribution in [1.29, 1.82) is 0 Å². The van der Waals surface area contributed by atoms with Crippen LogP contribution in [0.3, 0.4) is 0 Å². The summed E-state index contributed by atoms with van der Waals surface area (Å²) in [6.45, 7) is 4.19. The standard InChI is InChI=1S/C28H38FNO2/c1-3-5-7-8-21-10-15-26(30-20-21)24-13-11-22(12-14-24)23-16-18-28(32,19-17-23)27(31)25(29)9-6-4-2/h10-15,20,23,25,32H,3-9,16-19H2,1-2H3/t23-,25-,28-/m0/s1. The van der Waals surface area contributed by atoms with Gasteiger partial charge in [-0.3, -0.25) is 9.78 Å². The molecule has 1 aromatic carbocycles. The number of aliphatic hydroxyl groups is 1. The SMILES string of the molecule is CCCCCc1ccc(-c2ccc([C@H]3CC[C@@](O)(C(=O)[C@@H](F)CCCC)CC3)cc2)nc1. The third kappa shape index (κ3) is 6.25. The summed E-state index contributed by atoms with van der Waals surface area (Å²) in [5.41, 5.74) is 3.07. The zero-order valence-electron chi connectivity index (χ0n) is 19.7. The highest BCUT2D eigenvalue weighted by Crippen LogP contribution is 2.40. The van der Waals surface area contributed by atoms with Gasteiger partial charge in [0.15, 0.2) is 12.0 Å². The molecule has 1 aromatic heterocycles. The van der Waals surface area contributed by atoms with E-state index < -0.39 is 17.6 Å². The number of aryl methyl sites for hydroxylation is 1. The van der Waals surface area contributed by atoms with Crippen molar-refractivity contribution < 1.29 is 14.3 Å². The van der Waals surface area contributed by atoms with Crippen LogP contribution in [0.4, 0.5) is 4.39 Å². The topological polar surface area (TPSA) is 50.2 Å². The average molecular weight is 440 g/mol. The second kappa shape index (κ2) is 11.7. The molecule has 4 heteroatoms. The van der Waals surface area contributed by atoms with E-state index in [0.29, 0.717) is 38.0 Å². The number of unbranched alkanes of at least 4 members (excludes halogenated alkanes) is 3. The Morgan fingerprint density at radius 2 is 1.75 bits per heavy atom. The second-order valence-electron chi connectivity index (χ2n) is 9.41. The molecule has 0 unspecified atom stereocenters. The first-order valence-corrected chi connectivity index (χ1v) is 12.4. The van der Waals surface area contributed by atoms with Crippen molar-refractivity contribution in [2.24, 2.45) is 0 Å². The molecule has 1 aliphatic rings. The van der Waals surface area contributed by atoms with Gasteiger partial charge >= 0.3 is 0 Å². The summed E-state index contributed by atoms with van der Waals surface area (Å²) >= 11 is 0. The smallest absolute Gasteiger partial charge is 0.198 e. The van der Waals surface area contributed by atoms with Gasteiger partial charge in [0, 0.05) is 11.8 Å². The van der Waals surface area contributed by atoms with Crippen LogP contribution in [0.5, 0.6) is 0 Å². The molecule has 0 saturated heterocycles. The molecule has 1 heterocycles. The predicted molar refractivity (Wildman–Crippen MR) is 128 cm³/mol. The number of benzene rings is 1. The Morgan fingerprint density at radius 1 is 1.06 bits per heavy atom. The first kappa shape index (κ1) is 24.6. The predicted octanol–water partition coefficient (Wildman–Crippen LogP) is 6.97. The van der Waals surface area contributed by atoms with Crippen LogP contribution in [0, 0.1) is 0 Å². The summed E-state index contributed by atoms with van der Waals surface area (Å²) in [7, 11) is 0. The lowest BCUT2D eigenvalue weighted by atomic mass is 9.73. The number of nitrogens with zero attached hydrogens (tertiary/aromatic N) is 1. The molecule has 0 aliphatic heterocycles. The highest BCUT2D eigenvalue weighted by molar-refractivity contribution is 5.91. The van der Waals surface area contributed by atoms with Crippen LogP contribution in [0.1, 0.15) is 95.1 Å².